The molecule has 4 unspecified atom stereocenters. The fourth-order valence-corrected chi connectivity index (χ4v) is 4.87. The summed E-state index contributed by atoms with van der Waals surface area (Å²) in [6, 6.07) is 21.2. The maximum Gasteiger partial charge on any atom is 0.159 e. The minimum Gasteiger partial charge on any atom is -0.231 e. The Morgan fingerprint density at radius 2 is 1.50 bits per heavy atom. The van der Waals surface area contributed by atoms with Crippen molar-refractivity contribution in [2.24, 2.45) is 17.8 Å². The first-order valence-corrected chi connectivity index (χ1v) is 8.18. The largest absolute Gasteiger partial charge is 0.231 e. The van der Waals surface area contributed by atoms with Gasteiger partial charge >= 0.3 is 0 Å². The van der Waals surface area contributed by atoms with Gasteiger partial charge in [-0.3, -0.25) is 0 Å². The summed E-state index contributed by atoms with van der Waals surface area (Å²) in [5, 5.41) is 0. The van der Waals surface area contributed by atoms with Crippen LogP contribution in [0, 0.1) is 24.2 Å². The van der Waals surface area contributed by atoms with Crippen LogP contribution in [0.3, 0.4) is 0 Å². The van der Waals surface area contributed by atoms with E-state index in [1.807, 2.05) is 0 Å². The van der Waals surface area contributed by atoms with Crippen LogP contribution in [-0.4, -0.2) is 6.10 Å². The van der Waals surface area contributed by atoms with Crippen molar-refractivity contribution in [2.75, 3.05) is 0 Å². The highest BCUT2D eigenvalue weighted by atomic mass is 17.2. The third-order valence-electron chi connectivity index (χ3n) is 5.76. The maximum absolute atomic E-state index is 6.14. The van der Waals surface area contributed by atoms with Gasteiger partial charge in [0.15, 0.2) is 5.60 Å². The first kappa shape index (κ1) is 12.9. The number of hydrogen-bond acceptors (Lipinski definition) is 2. The molecule has 2 saturated carbocycles. The van der Waals surface area contributed by atoms with Crippen LogP contribution in [0.25, 0.3) is 0 Å². The molecule has 2 heteroatoms. The van der Waals surface area contributed by atoms with Gasteiger partial charge in [0.25, 0.3) is 0 Å². The smallest absolute Gasteiger partial charge is 0.159 e. The van der Waals surface area contributed by atoms with Gasteiger partial charge in [0.1, 0.15) is 6.10 Å². The highest BCUT2D eigenvalue weighted by Crippen LogP contribution is 2.62. The number of benzene rings is 2. The summed E-state index contributed by atoms with van der Waals surface area (Å²) in [4.78, 5) is 12.1. The highest BCUT2D eigenvalue weighted by Gasteiger charge is 2.64. The molecule has 2 bridgehead atoms. The lowest BCUT2D eigenvalue weighted by atomic mass is 9.69. The highest BCUT2D eigenvalue weighted by molar-refractivity contribution is 5.40. The number of hydrogen-bond donors (Lipinski definition) is 0. The molecule has 2 nitrogen and oxygen atoms in total. The second kappa shape index (κ2) is 4.68. The molecule has 22 heavy (non-hydrogen) atoms. The predicted molar refractivity (Wildman–Crippen MR) is 83.6 cm³/mol. The van der Waals surface area contributed by atoms with Crippen LogP contribution < -0.4 is 0 Å². The van der Waals surface area contributed by atoms with Gasteiger partial charge < -0.3 is 0 Å². The van der Waals surface area contributed by atoms with Crippen molar-refractivity contribution in [1.29, 1.82) is 0 Å². The Morgan fingerprint density at radius 1 is 0.864 bits per heavy atom. The van der Waals surface area contributed by atoms with E-state index >= 15 is 0 Å². The molecule has 0 aromatic heterocycles. The molecule has 4 atom stereocenters. The van der Waals surface area contributed by atoms with E-state index in [1.54, 1.807) is 0 Å². The Balaban J connectivity index is 1.71. The standard InChI is InChI=1S/C20H19O2/c1-3-7-16(8-4-1)20(17-9-5-2-6-10-17)18-14-11-12-15(13-14)19(18)21-22-20/h1-11,14-15,18-19H,12-13H2. The van der Waals surface area contributed by atoms with E-state index in [2.05, 4.69) is 67.1 Å². The molecular weight excluding hydrogens is 272 g/mol. The molecule has 0 spiro atoms. The van der Waals surface area contributed by atoms with E-state index < -0.39 is 5.60 Å². The molecule has 2 aromatic rings. The zero-order valence-electron chi connectivity index (χ0n) is 12.4. The van der Waals surface area contributed by atoms with Crippen LogP contribution >= 0.6 is 0 Å². The normalized spacial score (nSPS) is 34.7. The Hall–Kier alpha value is -1.64. The SMILES string of the molecule is [CH]1CC2CC1C1C2OOC1(c1ccccc1)c1ccccc1. The molecule has 5 rings (SSSR count). The Bertz CT molecular complexity index is 627. The monoisotopic (exact) mass is 291 g/mol. The van der Waals surface area contributed by atoms with Crippen molar-refractivity contribution in [1.82, 2.24) is 0 Å². The summed E-state index contributed by atoms with van der Waals surface area (Å²) in [7, 11) is 0. The van der Waals surface area contributed by atoms with Gasteiger partial charge in [-0.1, -0.05) is 60.7 Å². The van der Waals surface area contributed by atoms with Crippen molar-refractivity contribution >= 4 is 0 Å². The van der Waals surface area contributed by atoms with Gasteiger partial charge in [0, 0.05) is 5.92 Å². The van der Waals surface area contributed by atoms with Gasteiger partial charge in [0.05, 0.1) is 0 Å². The van der Waals surface area contributed by atoms with E-state index in [0.29, 0.717) is 17.8 Å². The zero-order valence-corrected chi connectivity index (χ0v) is 12.4. The molecule has 111 valence electrons. The van der Waals surface area contributed by atoms with Crippen molar-refractivity contribution in [3.63, 3.8) is 0 Å². The molecule has 0 N–H and O–H groups in total. The fourth-order valence-electron chi connectivity index (χ4n) is 4.87. The average molecular weight is 291 g/mol. The number of rotatable bonds is 2. The van der Waals surface area contributed by atoms with Crippen LogP contribution in [0.1, 0.15) is 24.0 Å². The lowest BCUT2D eigenvalue weighted by Gasteiger charge is -2.36. The first-order valence-electron chi connectivity index (χ1n) is 8.18. The molecule has 3 fully saturated rings. The van der Waals surface area contributed by atoms with Crippen LogP contribution in [0.15, 0.2) is 60.7 Å². The lowest BCUT2D eigenvalue weighted by molar-refractivity contribution is -0.327. The lowest BCUT2D eigenvalue weighted by Crippen LogP contribution is -2.40. The van der Waals surface area contributed by atoms with E-state index in [9.17, 15) is 0 Å². The van der Waals surface area contributed by atoms with Gasteiger partial charge in [-0.15, -0.1) is 0 Å². The van der Waals surface area contributed by atoms with Gasteiger partial charge in [-0.25, -0.2) is 9.78 Å². The van der Waals surface area contributed by atoms with Crippen molar-refractivity contribution in [2.45, 2.75) is 24.5 Å². The molecule has 1 heterocycles. The molecule has 2 aromatic carbocycles. The first-order chi connectivity index (χ1) is 10.9. The minimum absolute atomic E-state index is 0.232. The summed E-state index contributed by atoms with van der Waals surface area (Å²) in [6.07, 6.45) is 5.15. The summed E-state index contributed by atoms with van der Waals surface area (Å²) in [5.41, 5.74) is 1.94. The predicted octanol–water partition coefficient (Wildman–Crippen LogP) is 4.12. The summed E-state index contributed by atoms with van der Waals surface area (Å²) in [6.45, 7) is 0. The summed E-state index contributed by atoms with van der Waals surface area (Å²) in [5.74, 6) is 1.61. The molecule has 1 radical (unpaired) electrons. The second-order valence-electron chi connectivity index (χ2n) is 6.77. The summed E-state index contributed by atoms with van der Waals surface area (Å²) < 4.78 is 0. The Morgan fingerprint density at radius 3 is 2.14 bits per heavy atom. The molecule has 1 saturated heterocycles. The second-order valence-corrected chi connectivity index (χ2v) is 6.77. The Labute approximate surface area is 131 Å². The molecule has 0 amide bonds. The van der Waals surface area contributed by atoms with Crippen LogP contribution in [0.5, 0.6) is 0 Å². The third-order valence-corrected chi connectivity index (χ3v) is 5.76. The minimum atomic E-state index is -0.469. The van der Waals surface area contributed by atoms with Crippen LogP contribution in [-0.2, 0) is 15.4 Å². The van der Waals surface area contributed by atoms with Crippen molar-refractivity contribution in [3.8, 4) is 0 Å². The van der Waals surface area contributed by atoms with E-state index in [4.69, 9.17) is 9.78 Å². The Kier molecular flexibility index (Phi) is 2.73. The van der Waals surface area contributed by atoms with Gasteiger partial charge in [-0.2, -0.15) is 0 Å². The maximum atomic E-state index is 6.14. The van der Waals surface area contributed by atoms with Gasteiger partial charge in [0.2, 0.25) is 0 Å². The zero-order chi connectivity index (χ0) is 14.6. The van der Waals surface area contributed by atoms with Crippen LogP contribution in [0.4, 0.5) is 0 Å². The molecular formula is C20H19O2. The number of fused-ring (bicyclic) bond motifs is 5. The molecule has 2 aliphatic carbocycles. The van der Waals surface area contributed by atoms with E-state index in [1.165, 1.54) is 24.0 Å². The van der Waals surface area contributed by atoms with E-state index in [-0.39, 0.29) is 6.10 Å². The van der Waals surface area contributed by atoms with E-state index in [0.717, 1.165) is 0 Å². The van der Waals surface area contributed by atoms with Crippen LogP contribution in [0.2, 0.25) is 0 Å². The topological polar surface area (TPSA) is 18.5 Å². The van der Waals surface area contributed by atoms with Crippen molar-refractivity contribution in [3.05, 3.63) is 78.2 Å². The quantitative estimate of drug-likeness (QED) is 0.775. The summed E-state index contributed by atoms with van der Waals surface area (Å²) >= 11 is 0. The van der Waals surface area contributed by atoms with Gasteiger partial charge in [-0.05, 0) is 42.2 Å². The van der Waals surface area contributed by atoms with Crippen molar-refractivity contribution < 1.29 is 9.78 Å². The molecule has 3 aliphatic rings. The fraction of sp³-hybridized carbons (Fsp3) is 0.350. The average Bonchev–Trinajstić information content (AvgIpc) is 3.29. The third kappa shape index (κ3) is 1.57. The molecule has 1 aliphatic heterocycles.